The van der Waals surface area contributed by atoms with E-state index in [1.807, 2.05) is 0 Å². The molecule has 26 heavy (non-hydrogen) atoms. The van der Waals surface area contributed by atoms with Gasteiger partial charge in [0, 0.05) is 29.5 Å². The fourth-order valence-corrected chi connectivity index (χ4v) is 3.80. The number of carbonyl (C=O) groups is 3. The highest BCUT2D eigenvalue weighted by atomic mass is 16.3. The van der Waals surface area contributed by atoms with Crippen LogP contribution >= 0.6 is 0 Å². The summed E-state index contributed by atoms with van der Waals surface area (Å²) in [5.41, 5.74) is -2.17. The average molecular weight is 354 g/mol. The number of benzene rings is 2. The molecule has 4 N–H and O–H groups in total. The summed E-state index contributed by atoms with van der Waals surface area (Å²) in [6, 6.07) is 3.45. The Labute approximate surface area is 147 Å². The van der Waals surface area contributed by atoms with Crippen molar-refractivity contribution in [1.29, 1.82) is 0 Å². The summed E-state index contributed by atoms with van der Waals surface area (Å²) in [5, 5.41) is 40.2. The molecule has 0 saturated carbocycles. The third-order valence-electron chi connectivity index (χ3n) is 4.86. The summed E-state index contributed by atoms with van der Waals surface area (Å²) in [5.74, 6) is -3.90. The predicted octanol–water partition coefficient (Wildman–Crippen LogP) is 1.46. The van der Waals surface area contributed by atoms with E-state index < -0.39 is 45.8 Å². The quantitative estimate of drug-likeness (QED) is 0.449. The first-order valence-electron chi connectivity index (χ1n) is 7.91. The van der Waals surface area contributed by atoms with Crippen molar-refractivity contribution in [2.75, 3.05) is 0 Å². The van der Waals surface area contributed by atoms with E-state index in [-0.39, 0.29) is 40.7 Å². The lowest BCUT2D eigenvalue weighted by atomic mass is 9.73. The number of phenolic OH excluding ortho intramolecular Hbond substituents is 3. The molecule has 0 bridgehead atoms. The van der Waals surface area contributed by atoms with Crippen molar-refractivity contribution in [2.45, 2.75) is 25.4 Å². The van der Waals surface area contributed by atoms with Gasteiger partial charge >= 0.3 is 0 Å². The van der Waals surface area contributed by atoms with Gasteiger partial charge in [-0.2, -0.15) is 0 Å². The molecule has 0 fully saturated rings. The molecule has 7 nitrogen and oxygen atoms in total. The lowest BCUT2D eigenvalue weighted by Gasteiger charge is -2.32. The number of hydrogen-bond donors (Lipinski definition) is 4. The summed E-state index contributed by atoms with van der Waals surface area (Å²) in [6.45, 7) is 1.48. The molecule has 0 heterocycles. The molecular formula is C19H14O7. The lowest BCUT2D eigenvalue weighted by molar-refractivity contribution is 0.0409. The van der Waals surface area contributed by atoms with Crippen LogP contribution in [0.4, 0.5) is 0 Å². The summed E-state index contributed by atoms with van der Waals surface area (Å²) in [7, 11) is 0. The maximum absolute atomic E-state index is 13.0. The third kappa shape index (κ3) is 2.01. The Morgan fingerprint density at radius 3 is 2.23 bits per heavy atom. The van der Waals surface area contributed by atoms with Crippen molar-refractivity contribution < 1.29 is 34.8 Å². The van der Waals surface area contributed by atoms with E-state index in [2.05, 4.69) is 0 Å². The number of ketones is 3. The van der Waals surface area contributed by atoms with Gasteiger partial charge in [0.25, 0.3) is 0 Å². The summed E-state index contributed by atoms with van der Waals surface area (Å²) < 4.78 is 0. The molecule has 7 heteroatoms. The van der Waals surface area contributed by atoms with Crippen LogP contribution in [0.15, 0.2) is 18.2 Å². The first kappa shape index (κ1) is 16.3. The molecule has 0 unspecified atom stereocenters. The molecule has 2 aromatic rings. The van der Waals surface area contributed by atoms with Crippen LogP contribution in [0.2, 0.25) is 0 Å². The number of carbonyl (C=O) groups excluding carboxylic acids is 3. The summed E-state index contributed by atoms with van der Waals surface area (Å²) >= 11 is 0. The maximum atomic E-state index is 13.0. The van der Waals surface area contributed by atoms with Gasteiger partial charge in [-0.15, -0.1) is 0 Å². The highest BCUT2D eigenvalue weighted by Gasteiger charge is 2.42. The van der Waals surface area contributed by atoms with Crippen LogP contribution in [0.5, 0.6) is 17.2 Å². The third-order valence-corrected chi connectivity index (χ3v) is 4.86. The smallest absolute Gasteiger partial charge is 0.202 e. The Bertz CT molecular complexity index is 1050. The number of Topliss-reactive ketones (excluding diaryl/α,β-unsaturated/α-hetero) is 1. The van der Waals surface area contributed by atoms with Gasteiger partial charge < -0.3 is 20.4 Å². The van der Waals surface area contributed by atoms with Crippen molar-refractivity contribution in [3.05, 3.63) is 51.6 Å². The molecule has 132 valence electrons. The number of hydrogen-bond acceptors (Lipinski definition) is 7. The molecule has 2 aliphatic carbocycles. The molecule has 0 saturated heterocycles. The van der Waals surface area contributed by atoms with E-state index in [1.165, 1.54) is 19.1 Å². The second-order valence-electron chi connectivity index (χ2n) is 6.97. The highest BCUT2D eigenvalue weighted by molar-refractivity contribution is 6.33. The zero-order chi connectivity index (χ0) is 19.0. The summed E-state index contributed by atoms with van der Waals surface area (Å²) in [6.07, 6.45) is -0.170. The zero-order valence-electron chi connectivity index (χ0n) is 13.7. The van der Waals surface area contributed by atoms with Crippen molar-refractivity contribution in [3.63, 3.8) is 0 Å². The second-order valence-corrected chi connectivity index (χ2v) is 6.97. The SMILES string of the molecule is C[C@@]1(O)CC(=O)c2c(cc(O)c3c2C(=O)c2ccc(O)c(O)c2C3=O)C1. The van der Waals surface area contributed by atoms with E-state index in [4.69, 9.17) is 0 Å². The van der Waals surface area contributed by atoms with Crippen LogP contribution in [0, 0.1) is 0 Å². The molecule has 4 rings (SSSR count). The molecule has 0 amide bonds. The standard InChI is InChI=1S/C19H14O7/c1-19(26)5-7-4-10(21)14-15(12(7)11(22)6-19)16(23)8-2-3-9(20)17(24)13(8)18(14)25/h2-4,20-21,24,26H,5-6H2,1H3/t19-/m0/s1. The molecule has 2 aromatic carbocycles. The monoisotopic (exact) mass is 354 g/mol. The van der Waals surface area contributed by atoms with Crippen LogP contribution in [-0.4, -0.2) is 43.4 Å². The van der Waals surface area contributed by atoms with Gasteiger partial charge in [0.15, 0.2) is 23.1 Å². The Balaban J connectivity index is 2.07. The number of aromatic hydroxyl groups is 3. The molecule has 0 spiro atoms. The van der Waals surface area contributed by atoms with Gasteiger partial charge in [-0.25, -0.2) is 0 Å². The van der Waals surface area contributed by atoms with Gasteiger partial charge in [-0.05, 0) is 30.7 Å². The van der Waals surface area contributed by atoms with Gasteiger partial charge in [0.05, 0.1) is 16.7 Å². The van der Waals surface area contributed by atoms with Crippen LogP contribution in [0.3, 0.4) is 0 Å². The van der Waals surface area contributed by atoms with Crippen LogP contribution in [0.1, 0.15) is 61.1 Å². The molecule has 1 atom stereocenters. The second kappa shape index (κ2) is 4.92. The molecule has 0 aromatic heterocycles. The predicted molar refractivity (Wildman–Crippen MR) is 88.0 cm³/mol. The van der Waals surface area contributed by atoms with Crippen molar-refractivity contribution in [2.24, 2.45) is 0 Å². The highest BCUT2D eigenvalue weighted by Crippen LogP contribution is 2.44. The largest absolute Gasteiger partial charge is 0.507 e. The van der Waals surface area contributed by atoms with Crippen LogP contribution in [0.25, 0.3) is 0 Å². The Morgan fingerprint density at radius 2 is 1.54 bits per heavy atom. The Morgan fingerprint density at radius 1 is 0.846 bits per heavy atom. The number of phenols is 3. The van der Waals surface area contributed by atoms with Gasteiger partial charge in [0.1, 0.15) is 5.75 Å². The van der Waals surface area contributed by atoms with Gasteiger partial charge in [0.2, 0.25) is 5.78 Å². The van der Waals surface area contributed by atoms with E-state index in [1.54, 1.807) is 0 Å². The normalized spacial score (nSPS) is 21.2. The van der Waals surface area contributed by atoms with Crippen LogP contribution < -0.4 is 0 Å². The van der Waals surface area contributed by atoms with Crippen molar-refractivity contribution in [3.8, 4) is 17.2 Å². The van der Waals surface area contributed by atoms with E-state index in [0.29, 0.717) is 0 Å². The molecule has 2 aliphatic rings. The number of rotatable bonds is 0. The first-order valence-corrected chi connectivity index (χ1v) is 7.91. The maximum Gasteiger partial charge on any atom is 0.202 e. The lowest BCUT2D eigenvalue weighted by Crippen LogP contribution is -2.37. The summed E-state index contributed by atoms with van der Waals surface area (Å²) in [4.78, 5) is 38.4. The minimum Gasteiger partial charge on any atom is -0.507 e. The average Bonchev–Trinajstić information content (AvgIpc) is 2.52. The topological polar surface area (TPSA) is 132 Å². The first-order chi connectivity index (χ1) is 12.1. The van der Waals surface area contributed by atoms with Crippen LogP contribution in [-0.2, 0) is 6.42 Å². The van der Waals surface area contributed by atoms with Gasteiger partial charge in [-0.3, -0.25) is 14.4 Å². The fraction of sp³-hybridized carbons (Fsp3) is 0.211. The number of aliphatic hydroxyl groups is 1. The Hall–Kier alpha value is -3.19. The minimum absolute atomic E-state index is 0.0147. The number of fused-ring (bicyclic) bond motifs is 4. The van der Waals surface area contributed by atoms with E-state index in [9.17, 15) is 34.8 Å². The molecule has 0 radical (unpaired) electrons. The van der Waals surface area contributed by atoms with Crippen molar-refractivity contribution in [1.82, 2.24) is 0 Å². The van der Waals surface area contributed by atoms with Crippen molar-refractivity contribution >= 4 is 17.3 Å². The molecular weight excluding hydrogens is 340 g/mol. The fourth-order valence-electron chi connectivity index (χ4n) is 3.80. The molecule has 0 aliphatic heterocycles. The van der Waals surface area contributed by atoms with Gasteiger partial charge in [-0.1, -0.05) is 0 Å². The Kier molecular flexibility index (Phi) is 3.08. The van der Waals surface area contributed by atoms with E-state index in [0.717, 1.165) is 6.07 Å². The van der Waals surface area contributed by atoms with E-state index >= 15 is 0 Å². The zero-order valence-corrected chi connectivity index (χ0v) is 13.7. The minimum atomic E-state index is -1.31.